The standard InChI is InChI=1S/C24H24ClN3O3/c1-16-13-27(14-19-8-9-20-21(25)10-11-26-22(20)12-19)23(29)17(2)28(16)24(30)31-15-18-6-4-3-5-7-18/h3-12,16-17H,13-15H2,1-2H3/t16?,17-/m1/s1. The van der Waals surface area contributed by atoms with Crippen LogP contribution >= 0.6 is 11.6 Å². The van der Waals surface area contributed by atoms with Gasteiger partial charge in [0.1, 0.15) is 12.6 Å². The van der Waals surface area contributed by atoms with Crippen molar-refractivity contribution in [2.24, 2.45) is 0 Å². The zero-order valence-electron chi connectivity index (χ0n) is 17.5. The number of hydrogen-bond acceptors (Lipinski definition) is 4. The molecule has 7 heteroatoms. The van der Waals surface area contributed by atoms with Gasteiger partial charge < -0.3 is 9.64 Å². The Balaban J connectivity index is 1.43. The summed E-state index contributed by atoms with van der Waals surface area (Å²) in [6, 6.07) is 16.3. The van der Waals surface area contributed by atoms with E-state index in [2.05, 4.69) is 4.98 Å². The van der Waals surface area contributed by atoms with Gasteiger partial charge in [-0.3, -0.25) is 14.7 Å². The molecule has 2 amide bonds. The predicted molar refractivity (Wildman–Crippen MR) is 120 cm³/mol. The lowest BCUT2D eigenvalue weighted by Crippen LogP contribution is -2.61. The number of amides is 2. The highest BCUT2D eigenvalue weighted by Crippen LogP contribution is 2.25. The van der Waals surface area contributed by atoms with E-state index < -0.39 is 12.1 Å². The SMILES string of the molecule is CC1CN(Cc2ccc3c(Cl)ccnc3c2)C(=O)[C@@H](C)N1C(=O)OCc1ccccc1. The van der Waals surface area contributed by atoms with E-state index >= 15 is 0 Å². The molecule has 4 rings (SSSR count). The van der Waals surface area contributed by atoms with Gasteiger partial charge in [0.25, 0.3) is 0 Å². The average Bonchev–Trinajstić information content (AvgIpc) is 2.77. The van der Waals surface area contributed by atoms with Crippen LogP contribution in [-0.4, -0.2) is 45.4 Å². The molecule has 1 saturated heterocycles. The summed E-state index contributed by atoms with van der Waals surface area (Å²) in [4.78, 5) is 33.4. The van der Waals surface area contributed by atoms with Crippen LogP contribution in [0.3, 0.4) is 0 Å². The van der Waals surface area contributed by atoms with Crippen LogP contribution in [0.5, 0.6) is 0 Å². The van der Waals surface area contributed by atoms with Crippen molar-refractivity contribution < 1.29 is 14.3 Å². The van der Waals surface area contributed by atoms with Crippen molar-refractivity contribution in [2.75, 3.05) is 6.54 Å². The van der Waals surface area contributed by atoms with E-state index in [0.29, 0.717) is 18.1 Å². The molecule has 0 N–H and O–H groups in total. The Hall–Kier alpha value is -3.12. The summed E-state index contributed by atoms with van der Waals surface area (Å²) < 4.78 is 5.47. The van der Waals surface area contributed by atoms with Gasteiger partial charge in [-0.1, -0.05) is 54.1 Å². The number of benzene rings is 2. The normalized spacial score (nSPS) is 19.0. The fraction of sp³-hybridized carbons (Fsp3) is 0.292. The predicted octanol–water partition coefficient (Wildman–Crippen LogP) is 4.65. The number of piperazine rings is 1. The van der Waals surface area contributed by atoms with Crippen molar-refractivity contribution >= 4 is 34.5 Å². The quantitative estimate of drug-likeness (QED) is 0.596. The molecule has 0 radical (unpaired) electrons. The van der Waals surface area contributed by atoms with E-state index in [1.165, 1.54) is 4.90 Å². The lowest BCUT2D eigenvalue weighted by atomic mass is 10.1. The number of hydrogen-bond donors (Lipinski definition) is 0. The van der Waals surface area contributed by atoms with Crippen molar-refractivity contribution in [1.82, 2.24) is 14.8 Å². The summed E-state index contributed by atoms with van der Waals surface area (Å²) in [6.45, 7) is 4.74. The van der Waals surface area contributed by atoms with Gasteiger partial charge >= 0.3 is 6.09 Å². The number of fused-ring (bicyclic) bond motifs is 1. The van der Waals surface area contributed by atoms with Gasteiger partial charge in [0.05, 0.1) is 16.6 Å². The summed E-state index contributed by atoms with van der Waals surface area (Å²) in [6.07, 6.45) is 1.20. The maximum atomic E-state index is 13.0. The number of carbonyl (C=O) groups excluding carboxylic acids is 2. The third-order valence-corrected chi connectivity index (χ3v) is 5.92. The van der Waals surface area contributed by atoms with E-state index in [1.54, 1.807) is 24.1 Å². The molecule has 31 heavy (non-hydrogen) atoms. The van der Waals surface area contributed by atoms with Crippen molar-refractivity contribution in [2.45, 2.75) is 39.1 Å². The van der Waals surface area contributed by atoms with Crippen LogP contribution in [0.25, 0.3) is 10.9 Å². The Bertz CT molecular complexity index is 1110. The molecule has 1 fully saturated rings. The van der Waals surface area contributed by atoms with Gasteiger partial charge in [-0.05, 0) is 37.1 Å². The summed E-state index contributed by atoms with van der Waals surface area (Å²) >= 11 is 6.22. The third-order valence-electron chi connectivity index (χ3n) is 5.59. The fourth-order valence-corrected chi connectivity index (χ4v) is 4.23. The molecule has 2 aromatic carbocycles. The second kappa shape index (κ2) is 8.94. The lowest BCUT2D eigenvalue weighted by Gasteiger charge is -2.43. The maximum Gasteiger partial charge on any atom is 0.411 e. The molecular weight excluding hydrogens is 414 g/mol. The molecule has 0 saturated carbocycles. The Morgan fingerprint density at radius 1 is 1.13 bits per heavy atom. The number of halogens is 1. The van der Waals surface area contributed by atoms with Crippen LogP contribution in [0.2, 0.25) is 5.02 Å². The molecule has 1 unspecified atom stereocenters. The van der Waals surface area contributed by atoms with Gasteiger partial charge in [0.15, 0.2) is 0 Å². The van der Waals surface area contributed by atoms with Gasteiger partial charge in [-0.25, -0.2) is 4.79 Å². The topological polar surface area (TPSA) is 62.7 Å². The van der Waals surface area contributed by atoms with Crippen LogP contribution < -0.4 is 0 Å². The van der Waals surface area contributed by atoms with Crippen molar-refractivity contribution in [3.05, 3.63) is 76.9 Å². The smallest absolute Gasteiger partial charge is 0.411 e. The number of nitrogens with zero attached hydrogens (tertiary/aromatic N) is 3. The Morgan fingerprint density at radius 2 is 1.90 bits per heavy atom. The van der Waals surface area contributed by atoms with E-state index in [1.807, 2.05) is 55.5 Å². The fourth-order valence-electron chi connectivity index (χ4n) is 4.01. The number of carbonyl (C=O) groups is 2. The summed E-state index contributed by atoms with van der Waals surface area (Å²) in [5.41, 5.74) is 2.67. The number of rotatable bonds is 4. The number of pyridine rings is 1. The zero-order chi connectivity index (χ0) is 22.0. The molecule has 160 valence electrons. The minimum absolute atomic E-state index is 0.103. The van der Waals surface area contributed by atoms with E-state index in [0.717, 1.165) is 22.0 Å². The first kappa shape index (κ1) is 21.1. The first-order chi connectivity index (χ1) is 14.9. The molecule has 1 aromatic heterocycles. The first-order valence-corrected chi connectivity index (χ1v) is 10.6. The van der Waals surface area contributed by atoms with Crippen LogP contribution in [0.1, 0.15) is 25.0 Å². The molecule has 3 aromatic rings. The number of ether oxygens (including phenoxy) is 1. The monoisotopic (exact) mass is 437 g/mol. The van der Waals surface area contributed by atoms with Crippen LogP contribution in [0.15, 0.2) is 60.8 Å². The second-order valence-electron chi connectivity index (χ2n) is 7.84. The summed E-state index contributed by atoms with van der Waals surface area (Å²) in [7, 11) is 0. The Labute approximate surface area is 186 Å². The van der Waals surface area contributed by atoms with Gasteiger partial charge in [0, 0.05) is 24.7 Å². The minimum atomic E-state index is -0.597. The summed E-state index contributed by atoms with van der Waals surface area (Å²) in [5, 5.41) is 1.53. The number of aromatic nitrogens is 1. The molecule has 2 atom stereocenters. The van der Waals surface area contributed by atoms with E-state index in [4.69, 9.17) is 16.3 Å². The highest BCUT2D eigenvalue weighted by Gasteiger charge is 2.39. The molecular formula is C24H24ClN3O3. The van der Waals surface area contributed by atoms with E-state index in [-0.39, 0.29) is 18.6 Å². The molecule has 0 aliphatic carbocycles. The summed E-state index contributed by atoms with van der Waals surface area (Å²) in [5.74, 6) is -0.103. The van der Waals surface area contributed by atoms with E-state index in [9.17, 15) is 9.59 Å². The minimum Gasteiger partial charge on any atom is -0.445 e. The molecule has 0 spiro atoms. The molecule has 1 aliphatic rings. The van der Waals surface area contributed by atoms with Crippen LogP contribution in [0.4, 0.5) is 4.79 Å². The Morgan fingerprint density at radius 3 is 2.68 bits per heavy atom. The molecule has 2 heterocycles. The van der Waals surface area contributed by atoms with Gasteiger partial charge in [-0.2, -0.15) is 0 Å². The van der Waals surface area contributed by atoms with Crippen molar-refractivity contribution in [3.63, 3.8) is 0 Å². The van der Waals surface area contributed by atoms with Gasteiger partial charge in [0.2, 0.25) is 5.91 Å². The largest absolute Gasteiger partial charge is 0.445 e. The average molecular weight is 438 g/mol. The Kier molecular flexibility index (Phi) is 6.09. The lowest BCUT2D eigenvalue weighted by molar-refractivity contribution is -0.143. The molecule has 1 aliphatic heterocycles. The highest BCUT2D eigenvalue weighted by atomic mass is 35.5. The van der Waals surface area contributed by atoms with Crippen LogP contribution in [-0.2, 0) is 22.7 Å². The van der Waals surface area contributed by atoms with Crippen LogP contribution in [0, 0.1) is 0 Å². The third kappa shape index (κ3) is 4.49. The second-order valence-corrected chi connectivity index (χ2v) is 8.24. The molecule has 0 bridgehead atoms. The van der Waals surface area contributed by atoms with Crippen molar-refractivity contribution in [3.8, 4) is 0 Å². The molecule has 6 nitrogen and oxygen atoms in total. The maximum absolute atomic E-state index is 13.0. The first-order valence-electron chi connectivity index (χ1n) is 10.2. The van der Waals surface area contributed by atoms with Gasteiger partial charge in [-0.15, -0.1) is 0 Å². The zero-order valence-corrected chi connectivity index (χ0v) is 18.2. The van der Waals surface area contributed by atoms with Crippen molar-refractivity contribution in [1.29, 1.82) is 0 Å². The highest BCUT2D eigenvalue weighted by molar-refractivity contribution is 6.35.